The van der Waals surface area contributed by atoms with Crippen molar-refractivity contribution >= 4 is 23.1 Å². The summed E-state index contributed by atoms with van der Waals surface area (Å²) < 4.78 is 0. The van der Waals surface area contributed by atoms with Crippen LogP contribution in [0.25, 0.3) is 0 Å². The molecule has 0 heterocycles. The number of benzene rings is 1. The van der Waals surface area contributed by atoms with E-state index in [0.29, 0.717) is 11.5 Å². The molecule has 96 valence electrons. The molecule has 0 saturated heterocycles. The van der Waals surface area contributed by atoms with Gasteiger partial charge in [0.15, 0.2) is 0 Å². The van der Waals surface area contributed by atoms with Crippen molar-refractivity contribution in [1.82, 2.24) is 5.32 Å². The van der Waals surface area contributed by atoms with E-state index in [9.17, 15) is 4.79 Å². The van der Waals surface area contributed by atoms with E-state index >= 15 is 0 Å². The predicted molar refractivity (Wildman–Crippen MR) is 76.2 cm³/mol. The van der Waals surface area contributed by atoms with Gasteiger partial charge in [-0.25, -0.2) is 0 Å². The van der Waals surface area contributed by atoms with Gasteiger partial charge < -0.3 is 11.1 Å². The van der Waals surface area contributed by atoms with Gasteiger partial charge in [-0.3, -0.25) is 4.79 Å². The smallest absolute Gasteiger partial charge is 0.233 e. The first-order valence-corrected chi connectivity index (χ1v) is 6.68. The third-order valence-corrected chi connectivity index (χ3v) is 4.05. The summed E-state index contributed by atoms with van der Waals surface area (Å²) in [5.74, 6) is -0.00261. The molecule has 0 spiro atoms. The van der Waals surface area contributed by atoms with Gasteiger partial charge in [-0.15, -0.1) is 0 Å². The first-order chi connectivity index (χ1) is 8.65. The summed E-state index contributed by atoms with van der Waals surface area (Å²) in [6.45, 7) is 0.632. The molecule has 1 aliphatic carbocycles. The van der Waals surface area contributed by atoms with Crippen molar-refractivity contribution in [2.45, 2.75) is 25.7 Å². The molecule has 1 aliphatic rings. The molecule has 1 amide bonds. The number of amides is 1. The van der Waals surface area contributed by atoms with E-state index in [-0.39, 0.29) is 5.91 Å². The van der Waals surface area contributed by atoms with Gasteiger partial charge in [0, 0.05) is 6.54 Å². The highest BCUT2D eigenvalue weighted by molar-refractivity contribution is 7.80. The Kier molecular flexibility index (Phi) is 3.97. The van der Waals surface area contributed by atoms with Gasteiger partial charge in [-0.1, -0.05) is 49.0 Å². The SMILES string of the molecule is NC(=S)C1(C(=O)NCCc2ccccc2)CCC1. The average molecular weight is 262 g/mol. The molecule has 0 atom stereocenters. The van der Waals surface area contributed by atoms with Crippen LogP contribution in [0.4, 0.5) is 0 Å². The standard InChI is InChI=1S/C14H18N2OS/c15-12(18)14(8-4-9-14)13(17)16-10-7-11-5-2-1-3-6-11/h1-3,5-6H,4,7-10H2,(H2,15,18)(H,16,17). The molecule has 3 nitrogen and oxygen atoms in total. The molecule has 0 aliphatic heterocycles. The monoisotopic (exact) mass is 262 g/mol. The van der Waals surface area contributed by atoms with E-state index < -0.39 is 5.41 Å². The van der Waals surface area contributed by atoms with Gasteiger partial charge in [-0.2, -0.15) is 0 Å². The second-order valence-corrected chi connectivity index (χ2v) is 5.23. The predicted octanol–water partition coefficient (Wildman–Crippen LogP) is 1.80. The number of nitrogens with two attached hydrogens (primary N) is 1. The minimum atomic E-state index is -0.563. The summed E-state index contributed by atoms with van der Waals surface area (Å²) in [6.07, 6.45) is 3.45. The molecule has 0 bridgehead atoms. The van der Waals surface area contributed by atoms with Crippen LogP contribution in [0, 0.1) is 5.41 Å². The topological polar surface area (TPSA) is 55.1 Å². The van der Waals surface area contributed by atoms with E-state index in [0.717, 1.165) is 25.7 Å². The Labute approximate surface area is 113 Å². The lowest BCUT2D eigenvalue weighted by molar-refractivity contribution is -0.130. The summed E-state index contributed by atoms with van der Waals surface area (Å²) >= 11 is 5.02. The number of hydrogen-bond donors (Lipinski definition) is 2. The zero-order valence-corrected chi connectivity index (χ0v) is 11.1. The van der Waals surface area contributed by atoms with Crippen LogP contribution in [0.1, 0.15) is 24.8 Å². The van der Waals surface area contributed by atoms with Crippen LogP contribution in [-0.4, -0.2) is 17.4 Å². The Hall–Kier alpha value is -1.42. The second kappa shape index (κ2) is 5.48. The van der Waals surface area contributed by atoms with Gasteiger partial charge in [0.25, 0.3) is 0 Å². The maximum Gasteiger partial charge on any atom is 0.233 e. The fourth-order valence-corrected chi connectivity index (χ4v) is 2.55. The molecule has 1 aromatic rings. The zero-order chi connectivity index (χ0) is 13.0. The molecule has 1 aromatic carbocycles. The highest BCUT2D eigenvalue weighted by Crippen LogP contribution is 2.41. The number of carbonyl (C=O) groups is 1. The highest BCUT2D eigenvalue weighted by atomic mass is 32.1. The Morgan fingerprint density at radius 3 is 2.50 bits per heavy atom. The van der Waals surface area contributed by atoms with Crippen molar-refractivity contribution in [3.63, 3.8) is 0 Å². The summed E-state index contributed by atoms with van der Waals surface area (Å²) in [4.78, 5) is 12.4. The van der Waals surface area contributed by atoms with Gasteiger partial charge in [0.2, 0.25) is 5.91 Å². The van der Waals surface area contributed by atoms with Gasteiger partial charge in [0.1, 0.15) is 0 Å². The number of hydrogen-bond acceptors (Lipinski definition) is 2. The van der Waals surface area contributed by atoms with Crippen LogP contribution < -0.4 is 11.1 Å². The summed E-state index contributed by atoms with van der Waals surface area (Å²) in [5, 5.41) is 2.95. The van der Waals surface area contributed by atoms with Crippen molar-refractivity contribution < 1.29 is 4.79 Å². The highest BCUT2D eigenvalue weighted by Gasteiger charge is 2.46. The lowest BCUT2D eigenvalue weighted by Gasteiger charge is -2.39. The third-order valence-electron chi connectivity index (χ3n) is 3.66. The third kappa shape index (κ3) is 2.53. The van der Waals surface area contributed by atoms with E-state index in [1.54, 1.807) is 0 Å². The van der Waals surface area contributed by atoms with Crippen LogP contribution in [0.2, 0.25) is 0 Å². The van der Waals surface area contributed by atoms with Crippen molar-refractivity contribution in [2.75, 3.05) is 6.54 Å². The molecular weight excluding hydrogens is 244 g/mol. The molecule has 1 saturated carbocycles. The molecule has 0 radical (unpaired) electrons. The Morgan fingerprint density at radius 1 is 1.33 bits per heavy atom. The Balaban J connectivity index is 1.84. The summed E-state index contributed by atoms with van der Waals surface area (Å²) in [6, 6.07) is 10.1. The van der Waals surface area contributed by atoms with E-state index in [2.05, 4.69) is 17.4 Å². The molecule has 3 N–H and O–H groups in total. The summed E-state index contributed by atoms with van der Waals surface area (Å²) in [5.41, 5.74) is 6.34. The van der Waals surface area contributed by atoms with Crippen molar-refractivity contribution in [3.8, 4) is 0 Å². The number of rotatable bonds is 5. The first-order valence-electron chi connectivity index (χ1n) is 6.27. The minimum Gasteiger partial charge on any atom is -0.392 e. The minimum absolute atomic E-state index is 0.00261. The van der Waals surface area contributed by atoms with Gasteiger partial charge in [0.05, 0.1) is 10.4 Å². The van der Waals surface area contributed by atoms with Crippen LogP contribution in [0.5, 0.6) is 0 Å². The van der Waals surface area contributed by atoms with Crippen LogP contribution in [0.3, 0.4) is 0 Å². The number of carbonyl (C=O) groups excluding carboxylic acids is 1. The Morgan fingerprint density at radius 2 is 2.00 bits per heavy atom. The number of thiocarbonyl (C=S) groups is 1. The fourth-order valence-electron chi connectivity index (χ4n) is 2.25. The molecule has 4 heteroatoms. The largest absolute Gasteiger partial charge is 0.392 e. The van der Waals surface area contributed by atoms with Gasteiger partial charge >= 0.3 is 0 Å². The van der Waals surface area contributed by atoms with Crippen LogP contribution in [-0.2, 0) is 11.2 Å². The number of nitrogens with one attached hydrogen (secondary N) is 1. The molecule has 1 fully saturated rings. The maximum absolute atomic E-state index is 12.1. The van der Waals surface area contributed by atoms with E-state index in [1.807, 2.05) is 18.2 Å². The molecular formula is C14H18N2OS. The van der Waals surface area contributed by atoms with E-state index in [4.69, 9.17) is 18.0 Å². The first kappa shape index (κ1) is 13.0. The second-order valence-electron chi connectivity index (χ2n) is 4.79. The quantitative estimate of drug-likeness (QED) is 0.796. The molecule has 2 rings (SSSR count). The normalized spacial score (nSPS) is 16.7. The molecule has 0 unspecified atom stereocenters. The lowest BCUT2D eigenvalue weighted by atomic mass is 9.68. The maximum atomic E-state index is 12.1. The summed E-state index contributed by atoms with van der Waals surface area (Å²) in [7, 11) is 0. The fraction of sp³-hybridized carbons (Fsp3) is 0.429. The lowest BCUT2D eigenvalue weighted by Crippen LogP contribution is -2.53. The van der Waals surface area contributed by atoms with Crippen LogP contribution >= 0.6 is 12.2 Å². The van der Waals surface area contributed by atoms with Crippen molar-refractivity contribution in [1.29, 1.82) is 0 Å². The zero-order valence-electron chi connectivity index (χ0n) is 10.3. The Bertz CT molecular complexity index is 440. The van der Waals surface area contributed by atoms with Crippen molar-refractivity contribution in [2.24, 2.45) is 11.1 Å². The molecule has 18 heavy (non-hydrogen) atoms. The van der Waals surface area contributed by atoms with Crippen LogP contribution in [0.15, 0.2) is 30.3 Å². The van der Waals surface area contributed by atoms with Gasteiger partial charge in [-0.05, 0) is 24.8 Å². The van der Waals surface area contributed by atoms with Crippen molar-refractivity contribution in [3.05, 3.63) is 35.9 Å². The molecule has 0 aromatic heterocycles. The van der Waals surface area contributed by atoms with E-state index in [1.165, 1.54) is 5.56 Å². The average Bonchev–Trinajstić information content (AvgIpc) is 2.28.